The maximum absolute atomic E-state index is 13.6. The summed E-state index contributed by atoms with van der Waals surface area (Å²) in [6.07, 6.45) is -4.67. The van der Waals surface area contributed by atoms with E-state index in [4.69, 9.17) is 14.2 Å². The Morgan fingerprint density at radius 3 is 2.52 bits per heavy atom. The Kier molecular flexibility index (Phi) is 5.18. The summed E-state index contributed by atoms with van der Waals surface area (Å²) >= 11 is 0.616. The van der Waals surface area contributed by atoms with Gasteiger partial charge in [-0.05, 0) is 26.0 Å². The number of carbonyl (C=O) groups is 2. The summed E-state index contributed by atoms with van der Waals surface area (Å²) in [6, 6.07) is 3.37. The summed E-state index contributed by atoms with van der Waals surface area (Å²) in [6.45, 7) is 2.69. The van der Waals surface area contributed by atoms with Crippen LogP contribution in [0, 0.1) is 0 Å². The van der Waals surface area contributed by atoms with Crippen LogP contribution in [0.1, 0.15) is 19.4 Å². The smallest absolute Gasteiger partial charge is 0.417 e. The monoisotopic (exact) mass is 401 g/mol. The van der Waals surface area contributed by atoms with Crippen LogP contribution in [0.3, 0.4) is 0 Å². The zero-order valence-electron chi connectivity index (χ0n) is 14.3. The predicted molar refractivity (Wildman–Crippen MR) is 89.8 cm³/mol. The molecule has 0 radical (unpaired) electrons. The summed E-state index contributed by atoms with van der Waals surface area (Å²) in [5.74, 6) is -0.891. The van der Waals surface area contributed by atoms with Gasteiger partial charge in [-0.25, -0.2) is 4.98 Å². The topological polar surface area (TPSA) is 74.7 Å². The van der Waals surface area contributed by atoms with Crippen LogP contribution < -0.4 is 9.47 Å². The molecule has 2 heterocycles. The summed E-state index contributed by atoms with van der Waals surface area (Å²) in [4.78, 5) is 27.9. The summed E-state index contributed by atoms with van der Waals surface area (Å²) in [5.41, 5.74) is -0.929. The van der Waals surface area contributed by atoms with Crippen molar-refractivity contribution in [3.05, 3.63) is 23.8 Å². The zero-order valence-corrected chi connectivity index (χ0v) is 15.1. The molecule has 0 fully saturated rings. The Bertz CT molecular complexity index is 916. The molecular formula is C17H14F3NO5S. The van der Waals surface area contributed by atoms with Crippen molar-refractivity contribution in [3.63, 3.8) is 0 Å². The van der Waals surface area contributed by atoms with Crippen molar-refractivity contribution in [3.8, 4) is 11.5 Å². The fourth-order valence-electron chi connectivity index (χ4n) is 2.52. The Labute approximate surface area is 156 Å². The van der Waals surface area contributed by atoms with E-state index >= 15 is 0 Å². The van der Waals surface area contributed by atoms with Gasteiger partial charge in [-0.15, -0.1) is 0 Å². The van der Waals surface area contributed by atoms with E-state index in [-0.39, 0.29) is 40.8 Å². The lowest BCUT2D eigenvalue weighted by molar-refractivity contribution is -0.144. The number of hydrogen-bond donors (Lipinski definition) is 0. The number of carbonyl (C=O) groups excluding carboxylic acids is 2. The number of benzene rings is 1. The van der Waals surface area contributed by atoms with Gasteiger partial charge in [0.2, 0.25) is 6.79 Å². The number of Topliss-reactive ketones (excluding diaryl/α,β-unsaturated/α-hetero) is 1. The number of alkyl halides is 3. The largest absolute Gasteiger partial charge is 0.465 e. The predicted octanol–water partition coefficient (Wildman–Crippen LogP) is 3.60. The van der Waals surface area contributed by atoms with Crippen molar-refractivity contribution in [2.75, 3.05) is 13.4 Å². The average molecular weight is 401 g/mol. The van der Waals surface area contributed by atoms with Gasteiger partial charge in [-0.3, -0.25) is 9.59 Å². The third-order valence-electron chi connectivity index (χ3n) is 3.69. The van der Waals surface area contributed by atoms with E-state index in [9.17, 15) is 22.8 Å². The highest BCUT2D eigenvalue weighted by Crippen LogP contribution is 2.42. The van der Waals surface area contributed by atoms with Crippen molar-refractivity contribution in [2.24, 2.45) is 0 Å². The second kappa shape index (κ2) is 7.26. The van der Waals surface area contributed by atoms with Gasteiger partial charge >= 0.3 is 12.1 Å². The van der Waals surface area contributed by atoms with E-state index in [1.54, 1.807) is 6.92 Å². The van der Waals surface area contributed by atoms with Crippen LogP contribution >= 0.6 is 11.8 Å². The van der Waals surface area contributed by atoms with E-state index in [0.29, 0.717) is 11.8 Å². The maximum atomic E-state index is 13.6. The Morgan fingerprint density at radius 2 is 1.93 bits per heavy atom. The number of nitrogens with zero attached hydrogens (tertiary/aromatic N) is 1. The first-order chi connectivity index (χ1) is 12.7. The van der Waals surface area contributed by atoms with Crippen LogP contribution in [0.25, 0.3) is 10.9 Å². The van der Waals surface area contributed by atoms with Crippen LogP contribution in [-0.2, 0) is 20.5 Å². The number of rotatable bonds is 5. The van der Waals surface area contributed by atoms with Crippen molar-refractivity contribution < 1.29 is 37.0 Å². The third kappa shape index (κ3) is 3.95. The number of hydrogen-bond acceptors (Lipinski definition) is 7. The van der Waals surface area contributed by atoms with Crippen molar-refractivity contribution >= 4 is 34.4 Å². The number of aromatic nitrogens is 1. The molecule has 1 aliphatic rings. The molecule has 1 aliphatic heterocycles. The number of thioether (sulfide) groups is 1. The minimum Gasteiger partial charge on any atom is -0.465 e. The quantitative estimate of drug-likeness (QED) is 0.431. The van der Waals surface area contributed by atoms with Gasteiger partial charge in [-0.1, -0.05) is 11.8 Å². The van der Waals surface area contributed by atoms with Crippen LogP contribution in [0.15, 0.2) is 23.2 Å². The molecule has 1 aromatic carbocycles. The second-order valence-corrected chi connectivity index (χ2v) is 6.71. The van der Waals surface area contributed by atoms with E-state index in [1.807, 2.05) is 0 Å². The second-order valence-electron chi connectivity index (χ2n) is 5.59. The number of fused-ring (bicyclic) bond motifs is 2. The fourth-order valence-corrected chi connectivity index (χ4v) is 3.43. The van der Waals surface area contributed by atoms with Gasteiger partial charge in [0.15, 0.2) is 22.5 Å². The Balaban J connectivity index is 2.09. The average Bonchev–Trinajstić information content (AvgIpc) is 3.03. The molecule has 0 saturated heterocycles. The van der Waals surface area contributed by atoms with E-state index in [1.165, 1.54) is 19.1 Å². The maximum Gasteiger partial charge on any atom is 0.417 e. The number of ether oxygens (including phenoxy) is 3. The van der Waals surface area contributed by atoms with Crippen molar-refractivity contribution in [1.82, 2.24) is 4.98 Å². The minimum absolute atomic E-state index is 0.0164. The Hall–Kier alpha value is -2.49. The molecule has 0 spiro atoms. The summed E-state index contributed by atoms with van der Waals surface area (Å²) in [5, 5.41) is -1.58. The number of halogens is 3. The van der Waals surface area contributed by atoms with Crippen LogP contribution in [-0.4, -0.2) is 35.4 Å². The zero-order chi connectivity index (χ0) is 19.8. The molecule has 0 saturated carbocycles. The van der Waals surface area contributed by atoms with Crippen molar-refractivity contribution in [1.29, 1.82) is 0 Å². The number of ketones is 1. The standard InChI is InChI=1S/C17H14F3NO5S/c1-3-24-16(23)15(8(2)22)27-14-5-10(17(18,19)20)9-4-12-13(26-7-25-12)6-11(9)21-14/h4-6,15H,3,7H2,1-2H3/t15-/m1/s1. The summed E-state index contributed by atoms with van der Waals surface area (Å²) in [7, 11) is 0. The first-order valence-corrected chi connectivity index (χ1v) is 8.74. The molecule has 0 aliphatic carbocycles. The molecule has 10 heteroatoms. The molecule has 0 unspecified atom stereocenters. The minimum atomic E-state index is -4.67. The molecule has 6 nitrogen and oxygen atoms in total. The lowest BCUT2D eigenvalue weighted by Gasteiger charge is -2.15. The van der Waals surface area contributed by atoms with Gasteiger partial charge in [0.1, 0.15) is 0 Å². The van der Waals surface area contributed by atoms with Gasteiger partial charge in [0, 0.05) is 11.5 Å². The van der Waals surface area contributed by atoms with E-state index in [2.05, 4.69) is 4.98 Å². The molecule has 0 amide bonds. The van der Waals surface area contributed by atoms with Gasteiger partial charge in [-0.2, -0.15) is 13.2 Å². The fraction of sp³-hybridized carbons (Fsp3) is 0.353. The number of esters is 1. The lowest BCUT2D eigenvalue weighted by Crippen LogP contribution is -2.27. The molecule has 2 aromatic rings. The molecule has 1 atom stereocenters. The third-order valence-corrected chi connectivity index (χ3v) is 4.90. The number of pyridine rings is 1. The van der Waals surface area contributed by atoms with Gasteiger partial charge in [0.05, 0.1) is 22.7 Å². The molecule has 0 bridgehead atoms. The van der Waals surface area contributed by atoms with Crippen LogP contribution in [0.4, 0.5) is 13.2 Å². The lowest BCUT2D eigenvalue weighted by atomic mass is 10.1. The van der Waals surface area contributed by atoms with Gasteiger partial charge < -0.3 is 14.2 Å². The highest BCUT2D eigenvalue weighted by molar-refractivity contribution is 8.01. The molecule has 27 heavy (non-hydrogen) atoms. The Morgan fingerprint density at radius 1 is 1.26 bits per heavy atom. The first-order valence-electron chi connectivity index (χ1n) is 7.86. The highest BCUT2D eigenvalue weighted by atomic mass is 32.2. The first kappa shape index (κ1) is 19.3. The molecular weight excluding hydrogens is 387 g/mol. The molecule has 3 rings (SSSR count). The molecule has 0 N–H and O–H groups in total. The molecule has 1 aromatic heterocycles. The van der Waals surface area contributed by atoms with Crippen LogP contribution in [0.5, 0.6) is 11.5 Å². The van der Waals surface area contributed by atoms with Gasteiger partial charge in [0.25, 0.3) is 0 Å². The SMILES string of the molecule is CCOC(=O)[C@H](Sc1cc(C(F)(F)F)c2cc3c(cc2n1)OCO3)C(C)=O. The normalized spacial score (nSPS) is 14.3. The van der Waals surface area contributed by atoms with Crippen LogP contribution in [0.2, 0.25) is 0 Å². The molecule has 144 valence electrons. The van der Waals surface area contributed by atoms with E-state index < -0.39 is 28.7 Å². The summed E-state index contributed by atoms with van der Waals surface area (Å²) < 4.78 is 55.8. The highest BCUT2D eigenvalue weighted by Gasteiger charge is 2.35. The van der Waals surface area contributed by atoms with Crippen molar-refractivity contribution in [2.45, 2.75) is 30.3 Å². The van der Waals surface area contributed by atoms with E-state index in [0.717, 1.165) is 6.07 Å².